The number of rotatable bonds is 6. The molecule has 0 fully saturated rings. The quantitative estimate of drug-likeness (QED) is 0.134. The van der Waals surface area contributed by atoms with Crippen LogP contribution in [-0.2, 0) is 53.3 Å². The molecule has 3 N–H and O–H groups in total. The Kier molecular flexibility index (Phi) is 31.6. The van der Waals surface area contributed by atoms with Gasteiger partial charge in [0.2, 0.25) is 0 Å². The van der Waals surface area contributed by atoms with Crippen LogP contribution in [-0.4, -0.2) is 39.9 Å². The van der Waals surface area contributed by atoms with Crippen LogP contribution in [0.2, 0.25) is 0 Å². The van der Waals surface area contributed by atoms with Crippen LogP contribution in [0, 0.1) is 20.8 Å². The van der Waals surface area contributed by atoms with E-state index < -0.39 is 42.0 Å². The van der Waals surface area contributed by atoms with Crippen molar-refractivity contribution >= 4 is 57.9 Å². The van der Waals surface area contributed by atoms with E-state index in [4.69, 9.17) is 39.9 Å². The second-order valence-corrected chi connectivity index (χ2v) is 11.8. The molecule has 3 aromatic carbocycles. The second-order valence-electron chi connectivity index (χ2n) is 8.41. The summed E-state index contributed by atoms with van der Waals surface area (Å²) in [6.45, 7) is 13.6. The van der Waals surface area contributed by atoms with E-state index >= 15 is 0 Å². The van der Waals surface area contributed by atoms with E-state index in [0.29, 0.717) is 0 Å². The van der Waals surface area contributed by atoms with Crippen LogP contribution in [0.15, 0.2) is 54.6 Å². The molecule has 16 heteroatoms. The summed E-state index contributed by atoms with van der Waals surface area (Å²) in [6.07, 6.45) is 3.25. The van der Waals surface area contributed by atoms with Crippen molar-refractivity contribution in [1.29, 1.82) is 0 Å². The van der Waals surface area contributed by atoms with Crippen LogP contribution in [0.25, 0.3) is 0 Å². The number of hydrogen-bond donors (Lipinski definition) is 3. The number of benzene rings is 3. The maximum Gasteiger partial charge on any atom is 1.00 e. The fourth-order valence-corrected chi connectivity index (χ4v) is 6.68. The molecular formula is C27H36Li3O9PS3. The van der Waals surface area contributed by atoms with Crippen LogP contribution in [0.3, 0.4) is 0 Å². The summed E-state index contributed by atoms with van der Waals surface area (Å²) in [5, 5.41) is 4.55. The smallest absolute Gasteiger partial charge is 0.750 e. The Morgan fingerprint density at radius 1 is 0.535 bits per heavy atom. The molecule has 43 heavy (non-hydrogen) atoms. The Morgan fingerprint density at radius 2 is 0.721 bits per heavy atom. The molecule has 0 bridgehead atoms. The summed E-state index contributed by atoms with van der Waals surface area (Å²) < 4.78 is 72.2. The fraction of sp³-hybridized carbons (Fsp3) is 0.333. The number of aryl methyl sites for hydroxylation is 6. The van der Waals surface area contributed by atoms with Gasteiger partial charge in [0.05, 0.1) is 34.1 Å². The van der Waals surface area contributed by atoms with Crippen LogP contribution in [0.5, 0.6) is 0 Å². The van der Waals surface area contributed by atoms with Crippen molar-refractivity contribution in [2.24, 2.45) is 0 Å². The van der Waals surface area contributed by atoms with E-state index in [2.05, 4.69) is 96.1 Å². The van der Waals surface area contributed by atoms with Gasteiger partial charge in [-0.15, -0.1) is 0 Å². The number of hydrogen-bond acceptors (Lipinski definition) is 6. The Morgan fingerprint density at radius 3 is 0.884 bits per heavy atom. The van der Waals surface area contributed by atoms with Crippen molar-refractivity contribution in [1.82, 2.24) is 0 Å². The summed E-state index contributed by atoms with van der Waals surface area (Å²) in [6, 6.07) is 21.2. The van der Waals surface area contributed by atoms with Gasteiger partial charge in [0, 0.05) is 0 Å². The zero-order valence-electron chi connectivity index (χ0n) is 26.3. The van der Waals surface area contributed by atoms with Crippen molar-refractivity contribution in [2.75, 3.05) is 0 Å². The van der Waals surface area contributed by atoms with Gasteiger partial charge >= 0.3 is 56.6 Å². The standard InChI is InChI=1S/C27H33P.3Li.3H2O3S/c1-7-22-13-10-19(4)25(16-22)28(26-17-23(8-2)14-11-20(26)5)27-18-24(9-3)15-12-21(27)6;;;;3*1-4(2)3/h10-18H,7-9H2,1-6H3;;;;3*(H2,1,2,3)/q;3*+1;;;/p-3. The first-order valence-corrected chi connectivity index (χ1v) is 16.6. The molecule has 0 spiro atoms. The minimum atomic E-state index is -2.86. The van der Waals surface area contributed by atoms with E-state index in [1.807, 2.05) is 0 Å². The maximum absolute atomic E-state index is 8.56. The summed E-state index contributed by atoms with van der Waals surface area (Å²) in [5.41, 5.74) is 8.52. The molecule has 0 aliphatic rings. The monoisotopic (exact) mass is 652 g/mol. The van der Waals surface area contributed by atoms with Gasteiger partial charge < -0.3 is 27.3 Å². The van der Waals surface area contributed by atoms with Crippen molar-refractivity contribution in [3.63, 3.8) is 0 Å². The first-order valence-electron chi connectivity index (χ1n) is 12.1. The molecule has 3 unspecified atom stereocenters. The van der Waals surface area contributed by atoms with Crippen LogP contribution < -0.4 is 72.5 Å². The van der Waals surface area contributed by atoms with Gasteiger partial charge in [0.1, 0.15) is 0 Å². The topological polar surface area (TPSA) is 181 Å². The van der Waals surface area contributed by atoms with E-state index in [1.54, 1.807) is 0 Å². The molecule has 3 atom stereocenters. The summed E-state index contributed by atoms with van der Waals surface area (Å²) in [4.78, 5) is 0. The van der Waals surface area contributed by atoms with E-state index in [0.717, 1.165) is 19.3 Å². The van der Waals surface area contributed by atoms with Crippen LogP contribution >= 0.6 is 7.92 Å². The third-order valence-electron chi connectivity index (χ3n) is 5.77. The van der Waals surface area contributed by atoms with Gasteiger partial charge in [-0.2, -0.15) is 0 Å². The molecule has 3 aromatic rings. The van der Waals surface area contributed by atoms with Gasteiger partial charge in [-0.05, 0) is 97.2 Å². The molecule has 0 saturated heterocycles. The van der Waals surface area contributed by atoms with E-state index in [-0.39, 0.29) is 56.6 Å². The molecule has 3 rings (SSSR count). The van der Waals surface area contributed by atoms with Crippen LogP contribution in [0.4, 0.5) is 0 Å². The minimum absolute atomic E-state index is 0. The average molecular weight is 653 g/mol. The summed E-state index contributed by atoms with van der Waals surface area (Å²) >= 11 is -8.58. The normalized spacial score (nSPS) is 11.7. The van der Waals surface area contributed by atoms with Gasteiger partial charge in [0.25, 0.3) is 0 Å². The molecular weight excluding hydrogens is 616 g/mol. The molecule has 0 saturated carbocycles. The van der Waals surface area contributed by atoms with Crippen molar-refractivity contribution in [3.05, 3.63) is 88.0 Å². The molecule has 224 valence electrons. The summed E-state index contributed by atoms with van der Waals surface area (Å²) in [7, 11) is -0.574. The Hall–Kier alpha value is 0.0922. The third-order valence-corrected chi connectivity index (χ3v) is 8.66. The predicted octanol–water partition coefficient (Wildman–Crippen LogP) is -4.92. The molecule has 0 aliphatic carbocycles. The third kappa shape index (κ3) is 20.8. The second kappa shape index (κ2) is 27.2. The van der Waals surface area contributed by atoms with Gasteiger partial charge in [-0.3, -0.25) is 0 Å². The summed E-state index contributed by atoms with van der Waals surface area (Å²) in [5.74, 6) is 0. The molecule has 0 aliphatic heterocycles. The Balaban J connectivity index is -0.000000435. The fourth-order valence-electron chi connectivity index (χ4n) is 3.74. The van der Waals surface area contributed by atoms with Crippen molar-refractivity contribution in [3.8, 4) is 0 Å². The maximum atomic E-state index is 8.56. The first kappa shape index (κ1) is 50.0. The average Bonchev–Trinajstić information content (AvgIpc) is 2.86. The molecule has 0 heterocycles. The van der Waals surface area contributed by atoms with Gasteiger partial charge in [-0.1, -0.05) is 75.4 Å². The molecule has 0 aromatic heterocycles. The predicted molar refractivity (Wildman–Crippen MR) is 162 cm³/mol. The first-order chi connectivity index (χ1) is 18.7. The van der Waals surface area contributed by atoms with E-state index in [1.165, 1.54) is 49.3 Å². The zero-order chi connectivity index (χ0) is 31.0. The van der Waals surface area contributed by atoms with E-state index in [9.17, 15) is 0 Å². The van der Waals surface area contributed by atoms with Crippen molar-refractivity contribution in [2.45, 2.75) is 60.8 Å². The van der Waals surface area contributed by atoms with Gasteiger partial charge in [-0.25, -0.2) is 12.6 Å². The van der Waals surface area contributed by atoms with Gasteiger partial charge in [0.15, 0.2) is 0 Å². The molecule has 9 nitrogen and oxygen atoms in total. The molecule has 0 radical (unpaired) electrons. The van der Waals surface area contributed by atoms with Crippen molar-refractivity contribution < 1.29 is 96.5 Å². The Labute approximate surface area is 300 Å². The van der Waals surface area contributed by atoms with Crippen LogP contribution in [0.1, 0.15) is 54.2 Å². The molecule has 0 amide bonds. The Bertz CT molecular complexity index is 1130. The minimum Gasteiger partial charge on any atom is -0.750 e. The SMILES string of the molecule is CCc1ccc(C)c(P(c2cc(CC)ccc2C)c2cc(CC)ccc2C)c1.O=S([O-])O.O=S([O-])O.O=S([O-])O.[Li+].[Li+].[Li+]. The zero-order valence-corrected chi connectivity index (χ0v) is 29.6. The largest absolute Gasteiger partial charge is 1.00 e.